The van der Waals surface area contributed by atoms with Gasteiger partial charge in [0, 0.05) is 24.7 Å². The molecule has 0 aliphatic heterocycles. The molecule has 2 aromatic rings. The first-order chi connectivity index (χ1) is 9.58. The maximum atomic E-state index is 11.7. The number of aromatic nitrogens is 4. The fourth-order valence-corrected chi connectivity index (χ4v) is 1.61. The number of hydrogen-bond donors (Lipinski definition) is 2. The molecule has 0 spiro atoms. The number of nitrogens with zero attached hydrogens (tertiary/aromatic N) is 4. The summed E-state index contributed by atoms with van der Waals surface area (Å²) in [7, 11) is 0. The predicted octanol–water partition coefficient (Wildman–Crippen LogP) is 1.11. The van der Waals surface area contributed by atoms with E-state index in [1.807, 2.05) is 6.92 Å². The normalized spacial score (nSPS) is 10.4. The van der Waals surface area contributed by atoms with Crippen molar-refractivity contribution in [1.29, 1.82) is 0 Å². The van der Waals surface area contributed by atoms with Crippen LogP contribution in [-0.4, -0.2) is 30.6 Å². The lowest BCUT2D eigenvalue weighted by atomic mass is 10.3. The average molecular weight is 278 g/mol. The van der Waals surface area contributed by atoms with Crippen LogP contribution in [0, 0.1) is 10.1 Å². The van der Waals surface area contributed by atoms with Crippen LogP contribution in [0.3, 0.4) is 0 Å². The van der Waals surface area contributed by atoms with E-state index in [1.54, 1.807) is 6.07 Å². The minimum atomic E-state index is -0.577. The Bertz CT molecular complexity index is 617. The van der Waals surface area contributed by atoms with Gasteiger partial charge in [-0.3, -0.25) is 9.89 Å². The second-order valence-corrected chi connectivity index (χ2v) is 4.16. The molecule has 2 rings (SSSR count). The maximum Gasteiger partial charge on any atom is 0.381 e. The van der Waals surface area contributed by atoms with Gasteiger partial charge in [-0.15, -0.1) is 0 Å². The molecular weight excluding hydrogens is 264 g/mol. The van der Waals surface area contributed by atoms with Crippen molar-refractivity contribution in [3.8, 4) is 0 Å². The summed E-state index contributed by atoms with van der Waals surface area (Å²) in [5, 5.41) is 19.8. The van der Waals surface area contributed by atoms with Crippen LogP contribution in [0.2, 0.25) is 0 Å². The maximum absolute atomic E-state index is 11.7. The number of aromatic amines is 1. The van der Waals surface area contributed by atoms with Crippen molar-refractivity contribution in [1.82, 2.24) is 19.7 Å². The van der Waals surface area contributed by atoms with Gasteiger partial charge in [-0.25, -0.2) is 0 Å². The second-order valence-electron chi connectivity index (χ2n) is 4.16. The van der Waals surface area contributed by atoms with Gasteiger partial charge in [-0.05, 0) is 16.3 Å². The molecule has 0 aliphatic carbocycles. The first kappa shape index (κ1) is 13.7. The second kappa shape index (κ2) is 5.95. The summed E-state index contributed by atoms with van der Waals surface area (Å²) < 4.78 is 1.50. The molecule has 2 heterocycles. The molecule has 0 aromatic carbocycles. The Morgan fingerprint density at radius 2 is 2.40 bits per heavy atom. The number of imidazole rings is 1. The zero-order valence-electron chi connectivity index (χ0n) is 10.9. The molecule has 0 atom stereocenters. The fourth-order valence-electron chi connectivity index (χ4n) is 1.61. The molecular formula is C11H14N6O3. The van der Waals surface area contributed by atoms with Gasteiger partial charge in [0.1, 0.15) is 6.20 Å². The molecule has 9 heteroatoms. The third-order valence-electron chi connectivity index (χ3n) is 2.68. The lowest BCUT2D eigenvalue weighted by Crippen LogP contribution is -2.14. The number of nitro groups is 1. The first-order valence-corrected chi connectivity index (χ1v) is 6.08. The first-order valence-electron chi connectivity index (χ1n) is 6.08. The SMILES string of the molecule is CCc1cc(NC(=O)CCn2cnc([N+](=O)[O-])c2)n[nH]1. The van der Waals surface area contributed by atoms with Gasteiger partial charge in [0.15, 0.2) is 5.82 Å². The number of hydrogen-bond acceptors (Lipinski definition) is 5. The summed E-state index contributed by atoms with van der Waals surface area (Å²) in [5.41, 5.74) is 0.936. The molecule has 2 N–H and O–H groups in total. The summed E-state index contributed by atoms with van der Waals surface area (Å²) >= 11 is 0. The Hall–Kier alpha value is -2.71. The number of carbonyl (C=O) groups excluding carboxylic acids is 1. The third kappa shape index (κ3) is 3.40. The van der Waals surface area contributed by atoms with Gasteiger partial charge in [0.25, 0.3) is 0 Å². The van der Waals surface area contributed by atoms with E-state index in [0.29, 0.717) is 12.4 Å². The van der Waals surface area contributed by atoms with Gasteiger partial charge in [0.2, 0.25) is 12.2 Å². The van der Waals surface area contributed by atoms with Crippen LogP contribution in [0.4, 0.5) is 11.6 Å². The number of rotatable bonds is 6. The van der Waals surface area contributed by atoms with Crippen molar-refractivity contribution in [2.24, 2.45) is 0 Å². The van der Waals surface area contributed by atoms with Crippen molar-refractivity contribution in [3.05, 3.63) is 34.4 Å². The van der Waals surface area contributed by atoms with Crippen LogP contribution < -0.4 is 5.32 Å². The van der Waals surface area contributed by atoms with E-state index >= 15 is 0 Å². The van der Waals surface area contributed by atoms with Gasteiger partial charge in [-0.1, -0.05) is 6.92 Å². The Morgan fingerprint density at radius 3 is 3.00 bits per heavy atom. The van der Waals surface area contributed by atoms with Crippen molar-refractivity contribution in [2.75, 3.05) is 5.32 Å². The van der Waals surface area contributed by atoms with E-state index in [4.69, 9.17) is 0 Å². The van der Waals surface area contributed by atoms with E-state index < -0.39 is 4.92 Å². The summed E-state index contributed by atoms with van der Waals surface area (Å²) in [6, 6.07) is 1.76. The van der Waals surface area contributed by atoms with Crippen LogP contribution in [-0.2, 0) is 17.8 Å². The molecule has 0 aliphatic rings. The fraction of sp³-hybridized carbons (Fsp3) is 0.364. The zero-order valence-corrected chi connectivity index (χ0v) is 10.9. The Labute approximate surface area is 114 Å². The molecule has 9 nitrogen and oxygen atoms in total. The molecule has 0 fully saturated rings. The smallest absolute Gasteiger partial charge is 0.358 e. The predicted molar refractivity (Wildman–Crippen MR) is 70.1 cm³/mol. The Morgan fingerprint density at radius 1 is 1.60 bits per heavy atom. The molecule has 0 unspecified atom stereocenters. The van der Waals surface area contributed by atoms with Gasteiger partial charge in [0.05, 0.1) is 0 Å². The number of nitrogens with one attached hydrogen (secondary N) is 2. The molecule has 2 aromatic heterocycles. The number of amides is 1. The molecule has 1 amide bonds. The van der Waals surface area contributed by atoms with Crippen molar-refractivity contribution >= 4 is 17.5 Å². The Kier molecular flexibility index (Phi) is 4.08. The Balaban J connectivity index is 1.83. The van der Waals surface area contributed by atoms with E-state index in [0.717, 1.165) is 12.1 Å². The number of H-pyrrole nitrogens is 1. The molecule has 106 valence electrons. The summed E-state index contributed by atoms with van der Waals surface area (Å²) in [5.74, 6) is 0.0317. The van der Waals surface area contributed by atoms with Crippen LogP contribution in [0.25, 0.3) is 0 Å². The number of aryl methyl sites for hydroxylation is 2. The van der Waals surface area contributed by atoms with Crippen molar-refractivity contribution in [3.63, 3.8) is 0 Å². The van der Waals surface area contributed by atoms with Crippen LogP contribution in [0.5, 0.6) is 0 Å². The molecule has 20 heavy (non-hydrogen) atoms. The lowest BCUT2D eigenvalue weighted by Gasteiger charge is -2.01. The summed E-state index contributed by atoms with van der Waals surface area (Å²) in [6.07, 6.45) is 3.61. The van der Waals surface area contributed by atoms with Crippen LogP contribution in [0.1, 0.15) is 19.0 Å². The van der Waals surface area contributed by atoms with Crippen LogP contribution in [0.15, 0.2) is 18.6 Å². The van der Waals surface area contributed by atoms with Crippen LogP contribution >= 0.6 is 0 Å². The van der Waals surface area contributed by atoms with Crippen molar-refractivity contribution < 1.29 is 9.72 Å². The highest BCUT2D eigenvalue weighted by atomic mass is 16.6. The lowest BCUT2D eigenvalue weighted by molar-refractivity contribution is -0.389. The van der Waals surface area contributed by atoms with Gasteiger partial charge >= 0.3 is 5.82 Å². The molecule has 0 bridgehead atoms. The van der Waals surface area contributed by atoms with Crippen molar-refractivity contribution in [2.45, 2.75) is 26.3 Å². The topological polar surface area (TPSA) is 119 Å². The van der Waals surface area contributed by atoms with Gasteiger partial charge < -0.3 is 20.0 Å². The minimum absolute atomic E-state index is 0.182. The third-order valence-corrected chi connectivity index (χ3v) is 2.68. The molecule has 0 saturated carbocycles. The minimum Gasteiger partial charge on any atom is -0.358 e. The quantitative estimate of drug-likeness (QED) is 0.606. The average Bonchev–Trinajstić information content (AvgIpc) is 3.05. The van der Waals surface area contributed by atoms with E-state index in [-0.39, 0.29) is 18.1 Å². The number of anilines is 1. The highest BCUT2D eigenvalue weighted by Crippen LogP contribution is 2.08. The molecule has 0 radical (unpaired) electrons. The highest BCUT2D eigenvalue weighted by molar-refractivity contribution is 5.89. The summed E-state index contributed by atoms with van der Waals surface area (Å²) in [4.78, 5) is 25.2. The number of carbonyl (C=O) groups is 1. The zero-order chi connectivity index (χ0) is 14.5. The highest BCUT2D eigenvalue weighted by Gasteiger charge is 2.11. The van der Waals surface area contributed by atoms with E-state index in [1.165, 1.54) is 17.1 Å². The summed E-state index contributed by atoms with van der Waals surface area (Å²) in [6.45, 7) is 2.29. The van der Waals surface area contributed by atoms with E-state index in [9.17, 15) is 14.9 Å². The molecule has 0 saturated heterocycles. The van der Waals surface area contributed by atoms with Gasteiger partial charge in [-0.2, -0.15) is 5.10 Å². The standard InChI is InChI=1S/C11H14N6O3/c1-2-8-5-9(15-14-8)13-11(18)3-4-16-6-10(12-7-16)17(19)20/h5-7H,2-4H2,1H3,(H2,13,14,15,18). The van der Waals surface area contributed by atoms with E-state index in [2.05, 4.69) is 20.5 Å². The monoisotopic (exact) mass is 278 g/mol. The largest absolute Gasteiger partial charge is 0.381 e.